The standard InChI is InChI=1S/C19H28N4O2S/c1-4-5-16(24)20-8-9-22-10-12-23(13-11-22)19-21-17-15(25-3)7-6-14(2)18(17)26-19/h6-7H,4-5,8-13H2,1-3H3,(H,20,24). The van der Waals surface area contributed by atoms with Crippen LogP contribution < -0.4 is 15.0 Å². The molecule has 0 atom stereocenters. The Morgan fingerprint density at radius 2 is 2.08 bits per heavy atom. The SMILES string of the molecule is CCCC(=O)NCCN1CCN(c2nc3c(OC)ccc(C)c3s2)CC1. The Labute approximate surface area is 159 Å². The molecule has 2 heterocycles. The molecule has 26 heavy (non-hydrogen) atoms. The van der Waals surface area contributed by atoms with Gasteiger partial charge >= 0.3 is 0 Å². The highest BCUT2D eigenvalue weighted by molar-refractivity contribution is 7.22. The highest BCUT2D eigenvalue weighted by Crippen LogP contribution is 2.36. The molecule has 1 aliphatic rings. The van der Waals surface area contributed by atoms with Crippen molar-refractivity contribution in [3.63, 3.8) is 0 Å². The lowest BCUT2D eigenvalue weighted by molar-refractivity contribution is -0.121. The van der Waals surface area contributed by atoms with E-state index in [1.807, 2.05) is 13.0 Å². The number of hydrogen-bond acceptors (Lipinski definition) is 6. The Morgan fingerprint density at radius 1 is 1.31 bits per heavy atom. The van der Waals surface area contributed by atoms with E-state index in [0.717, 1.165) is 62.1 Å². The molecule has 1 N–H and O–H groups in total. The molecule has 1 saturated heterocycles. The molecule has 7 heteroatoms. The normalized spacial score (nSPS) is 15.4. The molecule has 2 aromatic rings. The van der Waals surface area contributed by atoms with Gasteiger partial charge in [0.25, 0.3) is 0 Å². The lowest BCUT2D eigenvalue weighted by Gasteiger charge is -2.34. The lowest BCUT2D eigenvalue weighted by Crippen LogP contribution is -2.48. The summed E-state index contributed by atoms with van der Waals surface area (Å²) in [5.74, 6) is 1.000. The third-order valence-corrected chi connectivity index (χ3v) is 6.03. The summed E-state index contributed by atoms with van der Waals surface area (Å²) in [6.07, 6.45) is 1.52. The zero-order valence-electron chi connectivity index (χ0n) is 15.9. The molecule has 0 unspecified atom stereocenters. The van der Waals surface area contributed by atoms with Crippen LogP contribution in [0.15, 0.2) is 12.1 Å². The Morgan fingerprint density at radius 3 is 2.77 bits per heavy atom. The molecule has 0 bridgehead atoms. The highest BCUT2D eigenvalue weighted by atomic mass is 32.1. The second-order valence-electron chi connectivity index (χ2n) is 6.69. The second kappa shape index (κ2) is 8.68. The van der Waals surface area contributed by atoms with Crippen molar-refractivity contribution in [1.82, 2.24) is 15.2 Å². The number of anilines is 1. The van der Waals surface area contributed by atoms with E-state index in [1.165, 1.54) is 10.3 Å². The highest BCUT2D eigenvalue weighted by Gasteiger charge is 2.21. The summed E-state index contributed by atoms with van der Waals surface area (Å²) < 4.78 is 6.67. The van der Waals surface area contributed by atoms with Gasteiger partial charge in [-0.15, -0.1) is 0 Å². The fraction of sp³-hybridized carbons (Fsp3) is 0.579. The van der Waals surface area contributed by atoms with Crippen LogP contribution in [0.3, 0.4) is 0 Å². The summed E-state index contributed by atoms with van der Waals surface area (Å²) in [5, 5.41) is 4.06. The summed E-state index contributed by atoms with van der Waals surface area (Å²) in [7, 11) is 1.70. The van der Waals surface area contributed by atoms with E-state index in [4.69, 9.17) is 9.72 Å². The first-order valence-electron chi connectivity index (χ1n) is 9.30. The van der Waals surface area contributed by atoms with Gasteiger partial charge in [0, 0.05) is 45.7 Å². The number of benzene rings is 1. The van der Waals surface area contributed by atoms with Gasteiger partial charge in [-0.1, -0.05) is 24.3 Å². The zero-order valence-corrected chi connectivity index (χ0v) is 16.7. The average molecular weight is 377 g/mol. The second-order valence-corrected chi connectivity index (χ2v) is 7.67. The van der Waals surface area contributed by atoms with Crippen LogP contribution in [0, 0.1) is 6.92 Å². The summed E-state index contributed by atoms with van der Waals surface area (Å²) in [4.78, 5) is 21.1. The summed E-state index contributed by atoms with van der Waals surface area (Å²) in [6.45, 7) is 9.71. The third kappa shape index (κ3) is 4.27. The number of carbonyl (C=O) groups is 1. The van der Waals surface area contributed by atoms with E-state index < -0.39 is 0 Å². The molecule has 3 rings (SSSR count). The van der Waals surface area contributed by atoms with Crippen LogP contribution in [0.2, 0.25) is 0 Å². The number of thiazole rings is 1. The molecule has 1 amide bonds. The van der Waals surface area contributed by atoms with E-state index >= 15 is 0 Å². The maximum Gasteiger partial charge on any atom is 0.220 e. The Hall–Kier alpha value is -1.86. The van der Waals surface area contributed by atoms with Crippen molar-refractivity contribution < 1.29 is 9.53 Å². The zero-order chi connectivity index (χ0) is 18.5. The van der Waals surface area contributed by atoms with Crippen LogP contribution in [0.5, 0.6) is 5.75 Å². The van der Waals surface area contributed by atoms with E-state index in [0.29, 0.717) is 6.42 Å². The quantitative estimate of drug-likeness (QED) is 0.805. The molecule has 0 saturated carbocycles. The number of aryl methyl sites for hydroxylation is 1. The number of methoxy groups -OCH3 is 1. The first-order valence-corrected chi connectivity index (χ1v) is 10.1. The number of nitrogens with zero attached hydrogens (tertiary/aromatic N) is 3. The lowest BCUT2D eigenvalue weighted by atomic mass is 10.2. The maximum absolute atomic E-state index is 11.5. The van der Waals surface area contributed by atoms with Gasteiger partial charge in [-0.3, -0.25) is 9.69 Å². The number of ether oxygens (including phenoxy) is 1. The van der Waals surface area contributed by atoms with Crippen molar-refractivity contribution in [3.8, 4) is 5.75 Å². The number of aromatic nitrogens is 1. The minimum Gasteiger partial charge on any atom is -0.494 e. The predicted octanol–water partition coefficient (Wildman–Crippen LogP) is 2.65. The fourth-order valence-corrected chi connectivity index (χ4v) is 4.33. The van der Waals surface area contributed by atoms with Gasteiger partial charge < -0.3 is 15.0 Å². The number of nitrogens with one attached hydrogen (secondary N) is 1. The van der Waals surface area contributed by atoms with Gasteiger partial charge in [-0.2, -0.15) is 0 Å². The topological polar surface area (TPSA) is 57.7 Å². The van der Waals surface area contributed by atoms with Crippen molar-refractivity contribution in [1.29, 1.82) is 0 Å². The van der Waals surface area contributed by atoms with Crippen molar-refractivity contribution in [2.75, 3.05) is 51.3 Å². The third-order valence-electron chi connectivity index (χ3n) is 4.78. The molecule has 1 aromatic heterocycles. The predicted molar refractivity (Wildman–Crippen MR) is 107 cm³/mol. The molecular formula is C19H28N4O2S. The number of carbonyl (C=O) groups excluding carboxylic acids is 1. The minimum atomic E-state index is 0.157. The van der Waals surface area contributed by atoms with Crippen LogP contribution in [-0.4, -0.2) is 62.2 Å². The summed E-state index contributed by atoms with van der Waals surface area (Å²) in [6, 6.07) is 4.08. The number of fused-ring (bicyclic) bond motifs is 1. The number of piperazine rings is 1. The van der Waals surface area contributed by atoms with E-state index in [1.54, 1.807) is 18.4 Å². The smallest absolute Gasteiger partial charge is 0.220 e. The Bertz CT molecular complexity index is 753. The molecule has 1 aromatic carbocycles. The first-order chi connectivity index (χ1) is 12.6. The minimum absolute atomic E-state index is 0.157. The van der Waals surface area contributed by atoms with Gasteiger partial charge in [0.05, 0.1) is 11.8 Å². The fourth-order valence-electron chi connectivity index (χ4n) is 3.23. The Kier molecular flexibility index (Phi) is 6.32. The summed E-state index contributed by atoms with van der Waals surface area (Å²) in [5.41, 5.74) is 2.21. The van der Waals surface area contributed by atoms with Crippen LogP contribution in [0.25, 0.3) is 10.2 Å². The number of amides is 1. The summed E-state index contributed by atoms with van der Waals surface area (Å²) >= 11 is 1.75. The largest absolute Gasteiger partial charge is 0.494 e. The van der Waals surface area contributed by atoms with Crippen LogP contribution in [-0.2, 0) is 4.79 Å². The number of hydrogen-bond donors (Lipinski definition) is 1. The number of rotatable bonds is 7. The van der Waals surface area contributed by atoms with Crippen LogP contribution in [0.4, 0.5) is 5.13 Å². The molecule has 6 nitrogen and oxygen atoms in total. The van der Waals surface area contributed by atoms with Crippen molar-refractivity contribution >= 4 is 32.6 Å². The van der Waals surface area contributed by atoms with Crippen LogP contribution in [0.1, 0.15) is 25.3 Å². The average Bonchev–Trinajstić information content (AvgIpc) is 3.09. The van der Waals surface area contributed by atoms with Gasteiger partial charge in [0.2, 0.25) is 5.91 Å². The Balaban J connectivity index is 1.56. The molecule has 1 aliphatic heterocycles. The van der Waals surface area contributed by atoms with Gasteiger partial charge in [-0.25, -0.2) is 4.98 Å². The van der Waals surface area contributed by atoms with E-state index in [9.17, 15) is 4.79 Å². The maximum atomic E-state index is 11.5. The molecule has 0 aliphatic carbocycles. The van der Waals surface area contributed by atoms with Gasteiger partial charge in [-0.05, 0) is 25.0 Å². The van der Waals surface area contributed by atoms with Crippen molar-refractivity contribution in [2.45, 2.75) is 26.7 Å². The van der Waals surface area contributed by atoms with E-state index in [-0.39, 0.29) is 5.91 Å². The van der Waals surface area contributed by atoms with E-state index in [2.05, 4.69) is 28.1 Å². The van der Waals surface area contributed by atoms with Crippen molar-refractivity contribution in [3.05, 3.63) is 17.7 Å². The molecule has 1 fully saturated rings. The molecule has 0 radical (unpaired) electrons. The van der Waals surface area contributed by atoms with Gasteiger partial charge in [0.15, 0.2) is 5.13 Å². The first kappa shape index (κ1) is 18.9. The molecule has 0 spiro atoms. The van der Waals surface area contributed by atoms with Gasteiger partial charge in [0.1, 0.15) is 11.3 Å². The molecule has 142 valence electrons. The molecular weight excluding hydrogens is 348 g/mol. The van der Waals surface area contributed by atoms with Crippen LogP contribution >= 0.6 is 11.3 Å². The monoisotopic (exact) mass is 376 g/mol. The van der Waals surface area contributed by atoms with Crippen molar-refractivity contribution in [2.24, 2.45) is 0 Å².